The molecule has 1 heterocycles. The number of nitrogens with zero attached hydrogens (tertiary/aromatic N) is 1. The number of hydrogen-bond acceptors (Lipinski definition) is 2. The van der Waals surface area contributed by atoms with Crippen LogP contribution < -0.4 is 5.73 Å². The van der Waals surface area contributed by atoms with E-state index in [1.165, 1.54) is 18.2 Å². The predicted molar refractivity (Wildman–Crippen MR) is 57.2 cm³/mol. The maximum Gasteiger partial charge on any atom is 0.266 e. The van der Waals surface area contributed by atoms with Gasteiger partial charge in [-0.3, -0.25) is 9.89 Å². The molecule has 1 amide bonds. The summed E-state index contributed by atoms with van der Waals surface area (Å²) in [4.78, 5) is 10.9. The highest BCUT2D eigenvalue weighted by atomic mass is 19.1. The van der Waals surface area contributed by atoms with Crippen molar-refractivity contribution >= 4 is 5.91 Å². The van der Waals surface area contributed by atoms with Crippen LogP contribution in [0.4, 0.5) is 4.39 Å². The number of hydrogen-bond donors (Lipinski definition) is 2. The largest absolute Gasteiger partial charge is 0.364 e. The minimum Gasteiger partial charge on any atom is -0.364 e. The minimum absolute atomic E-state index is 0.207. The fourth-order valence-corrected chi connectivity index (χ4v) is 1.46. The van der Waals surface area contributed by atoms with Crippen molar-refractivity contribution < 1.29 is 9.18 Å². The van der Waals surface area contributed by atoms with Crippen molar-refractivity contribution in [1.82, 2.24) is 10.2 Å². The molecule has 82 valence electrons. The topological polar surface area (TPSA) is 71.8 Å². The molecule has 16 heavy (non-hydrogen) atoms. The molecule has 0 unspecified atom stereocenters. The SMILES string of the molecule is Cc1ccc(F)cc1-c1cc(C(N)=O)[nH]n1. The van der Waals surface area contributed by atoms with E-state index in [0.29, 0.717) is 11.3 Å². The van der Waals surface area contributed by atoms with E-state index in [4.69, 9.17) is 5.73 Å². The molecular formula is C11H10FN3O. The number of aromatic amines is 1. The molecule has 1 aromatic carbocycles. The maximum absolute atomic E-state index is 13.1. The van der Waals surface area contributed by atoms with E-state index in [1.54, 1.807) is 6.07 Å². The van der Waals surface area contributed by atoms with Gasteiger partial charge in [-0.25, -0.2) is 4.39 Å². The average Bonchev–Trinajstić information content (AvgIpc) is 2.70. The first-order valence-corrected chi connectivity index (χ1v) is 4.69. The number of rotatable bonds is 2. The van der Waals surface area contributed by atoms with Crippen LogP contribution in [0, 0.1) is 12.7 Å². The lowest BCUT2D eigenvalue weighted by atomic mass is 10.1. The summed E-state index contributed by atoms with van der Waals surface area (Å²) in [6.07, 6.45) is 0. The molecule has 0 aliphatic carbocycles. The normalized spacial score (nSPS) is 10.4. The van der Waals surface area contributed by atoms with Gasteiger partial charge in [0.15, 0.2) is 0 Å². The van der Waals surface area contributed by atoms with E-state index in [-0.39, 0.29) is 11.5 Å². The molecule has 0 fully saturated rings. The van der Waals surface area contributed by atoms with Crippen molar-refractivity contribution in [2.75, 3.05) is 0 Å². The van der Waals surface area contributed by atoms with Crippen molar-refractivity contribution in [3.63, 3.8) is 0 Å². The Kier molecular flexibility index (Phi) is 2.44. The van der Waals surface area contributed by atoms with Crippen LogP contribution in [-0.2, 0) is 0 Å². The fraction of sp³-hybridized carbons (Fsp3) is 0.0909. The van der Waals surface area contributed by atoms with Crippen LogP contribution in [-0.4, -0.2) is 16.1 Å². The van der Waals surface area contributed by atoms with Gasteiger partial charge in [0.25, 0.3) is 5.91 Å². The molecule has 0 spiro atoms. The number of amides is 1. The zero-order chi connectivity index (χ0) is 11.7. The molecule has 2 aromatic rings. The Hall–Kier alpha value is -2.17. The summed E-state index contributed by atoms with van der Waals surface area (Å²) in [6, 6.07) is 5.91. The van der Waals surface area contributed by atoms with Crippen molar-refractivity contribution in [1.29, 1.82) is 0 Å². The minimum atomic E-state index is -0.590. The Bertz CT molecular complexity index is 548. The molecule has 5 heteroatoms. The molecular weight excluding hydrogens is 209 g/mol. The predicted octanol–water partition coefficient (Wildman–Crippen LogP) is 1.62. The molecule has 0 atom stereocenters. The van der Waals surface area contributed by atoms with Crippen molar-refractivity contribution in [2.45, 2.75) is 6.92 Å². The first-order chi connectivity index (χ1) is 7.58. The van der Waals surface area contributed by atoms with E-state index >= 15 is 0 Å². The van der Waals surface area contributed by atoms with Gasteiger partial charge in [0, 0.05) is 5.56 Å². The number of primary amides is 1. The van der Waals surface area contributed by atoms with Gasteiger partial charge in [-0.2, -0.15) is 5.10 Å². The summed E-state index contributed by atoms with van der Waals surface area (Å²) < 4.78 is 13.1. The molecule has 2 rings (SSSR count). The van der Waals surface area contributed by atoms with Crippen LogP contribution in [0.1, 0.15) is 16.1 Å². The molecule has 0 aliphatic heterocycles. The molecule has 1 aromatic heterocycles. The third-order valence-corrected chi connectivity index (χ3v) is 2.32. The Labute approximate surface area is 91.3 Å². The lowest BCUT2D eigenvalue weighted by Gasteiger charge is -2.01. The van der Waals surface area contributed by atoms with E-state index in [9.17, 15) is 9.18 Å². The van der Waals surface area contributed by atoms with Crippen LogP contribution in [0.2, 0.25) is 0 Å². The third-order valence-electron chi connectivity index (χ3n) is 2.32. The summed E-state index contributed by atoms with van der Waals surface area (Å²) in [5.41, 5.74) is 7.32. The lowest BCUT2D eigenvalue weighted by molar-refractivity contribution is 0.0995. The molecule has 0 bridgehead atoms. The molecule has 4 nitrogen and oxygen atoms in total. The smallest absolute Gasteiger partial charge is 0.266 e. The number of H-pyrrole nitrogens is 1. The third kappa shape index (κ3) is 1.79. The van der Waals surface area contributed by atoms with Gasteiger partial charge in [0.05, 0.1) is 5.69 Å². The van der Waals surface area contributed by atoms with E-state index < -0.39 is 5.91 Å². The van der Waals surface area contributed by atoms with E-state index in [2.05, 4.69) is 10.2 Å². The van der Waals surface area contributed by atoms with Crippen LogP contribution in [0.3, 0.4) is 0 Å². The van der Waals surface area contributed by atoms with Crippen LogP contribution >= 0.6 is 0 Å². The van der Waals surface area contributed by atoms with Gasteiger partial charge in [-0.05, 0) is 30.7 Å². The number of nitrogens with one attached hydrogen (secondary N) is 1. The number of aromatic nitrogens is 2. The standard InChI is InChI=1S/C11H10FN3O/c1-6-2-3-7(12)4-8(6)9-5-10(11(13)16)15-14-9/h2-5H,1H3,(H2,13,16)(H,14,15). The first-order valence-electron chi connectivity index (χ1n) is 4.69. The maximum atomic E-state index is 13.1. The number of carbonyl (C=O) groups excluding carboxylic acids is 1. The van der Waals surface area contributed by atoms with Crippen molar-refractivity contribution in [3.8, 4) is 11.3 Å². The second-order valence-corrected chi connectivity index (χ2v) is 3.49. The van der Waals surface area contributed by atoms with Gasteiger partial charge in [-0.15, -0.1) is 0 Å². The van der Waals surface area contributed by atoms with Crippen LogP contribution in [0.5, 0.6) is 0 Å². The lowest BCUT2D eigenvalue weighted by Crippen LogP contribution is -2.10. The summed E-state index contributed by atoms with van der Waals surface area (Å²) >= 11 is 0. The highest BCUT2D eigenvalue weighted by Crippen LogP contribution is 2.22. The number of nitrogens with two attached hydrogens (primary N) is 1. The Morgan fingerprint density at radius 2 is 2.19 bits per heavy atom. The summed E-state index contributed by atoms with van der Waals surface area (Å²) in [7, 11) is 0. The molecule has 3 N–H and O–H groups in total. The summed E-state index contributed by atoms with van der Waals surface area (Å²) in [6.45, 7) is 1.84. The molecule has 0 saturated carbocycles. The van der Waals surface area contributed by atoms with E-state index in [0.717, 1.165) is 5.56 Å². The first kappa shape index (κ1) is 10.4. The fourth-order valence-electron chi connectivity index (χ4n) is 1.46. The number of benzene rings is 1. The molecule has 0 aliphatic rings. The second-order valence-electron chi connectivity index (χ2n) is 3.49. The molecule has 0 radical (unpaired) electrons. The Morgan fingerprint density at radius 3 is 2.81 bits per heavy atom. The Balaban J connectivity index is 2.50. The number of carbonyl (C=O) groups is 1. The highest BCUT2D eigenvalue weighted by molar-refractivity contribution is 5.92. The quantitative estimate of drug-likeness (QED) is 0.805. The van der Waals surface area contributed by atoms with Crippen LogP contribution in [0.25, 0.3) is 11.3 Å². The average molecular weight is 219 g/mol. The second kappa shape index (κ2) is 3.77. The highest BCUT2D eigenvalue weighted by Gasteiger charge is 2.10. The van der Waals surface area contributed by atoms with Gasteiger partial charge in [0.1, 0.15) is 11.5 Å². The Morgan fingerprint density at radius 1 is 1.44 bits per heavy atom. The van der Waals surface area contributed by atoms with Gasteiger partial charge in [0.2, 0.25) is 0 Å². The number of halogens is 1. The van der Waals surface area contributed by atoms with Gasteiger partial charge >= 0.3 is 0 Å². The van der Waals surface area contributed by atoms with Gasteiger partial charge in [-0.1, -0.05) is 6.07 Å². The number of aryl methyl sites for hydroxylation is 1. The van der Waals surface area contributed by atoms with Crippen molar-refractivity contribution in [3.05, 3.63) is 41.3 Å². The monoisotopic (exact) mass is 219 g/mol. The zero-order valence-electron chi connectivity index (χ0n) is 8.62. The van der Waals surface area contributed by atoms with Crippen LogP contribution in [0.15, 0.2) is 24.3 Å². The molecule has 0 saturated heterocycles. The van der Waals surface area contributed by atoms with Crippen molar-refractivity contribution in [2.24, 2.45) is 5.73 Å². The summed E-state index contributed by atoms with van der Waals surface area (Å²) in [5, 5.41) is 6.42. The van der Waals surface area contributed by atoms with Gasteiger partial charge < -0.3 is 5.73 Å². The van der Waals surface area contributed by atoms with E-state index in [1.807, 2.05) is 6.92 Å². The summed E-state index contributed by atoms with van der Waals surface area (Å²) in [5.74, 6) is -0.933. The zero-order valence-corrected chi connectivity index (χ0v) is 8.62.